The van der Waals surface area contributed by atoms with Crippen LogP contribution in [-0.2, 0) is 19.1 Å². The van der Waals surface area contributed by atoms with Gasteiger partial charge in [0.05, 0.1) is 18.6 Å². The Morgan fingerprint density at radius 1 is 1.17 bits per heavy atom. The summed E-state index contributed by atoms with van der Waals surface area (Å²) in [7, 11) is 0. The highest BCUT2D eigenvalue weighted by molar-refractivity contribution is 6.10. The van der Waals surface area contributed by atoms with Crippen molar-refractivity contribution < 1.29 is 23.9 Å². The SMILES string of the molecule is CC(OC(=O)C1(CC(=O)N2CCOCC2)CCCC1)C(=O)c1c[nH]c2ccccc12. The van der Waals surface area contributed by atoms with E-state index in [1.165, 1.54) is 0 Å². The molecular weight excluding hydrogens is 384 g/mol. The van der Waals surface area contributed by atoms with Crippen LogP contribution in [-0.4, -0.2) is 60.0 Å². The largest absolute Gasteiger partial charge is 0.454 e. The second-order valence-electron chi connectivity index (χ2n) is 8.32. The van der Waals surface area contributed by atoms with Crippen LogP contribution in [0.15, 0.2) is 30.5 Å². The summed E-state index contributed by atoms with van der Waals surface area (Å²) in [6.07, 6.45) is 3.90. The van der Waals surface area contributed by atoms with Crippen LogP contribution in [0.25, 0.3) is 10.9 Å². The summed E-state index contributed by atoms with van der Waals surface area (Å²) in [5.41, 5.74) is 0.544. The summed E-state index contributed by atoms with van der Waals surface area (Å²) in [6, 6.07) is 7.53. The first-order valence-electron chi connectivity index (χ1n) is 10.7. The second kappa shape index (κ2) is 8.60. The third-order valence-electron chi connectivity index (χ3n) is 6.35. The molecule has 2 heterocycles. The molecule has 1 aromatic carbocycles. The molecule has 0 radical (unpaired) electrons. The lowest BCUT2D eigenvalue weighted by molar-refractivity contribution is -0.162. The number of aromatic nitrogens is 1. The van der Waals surface area contributed by atoms with Gasteiger partial charge in [-0.1, -0.05) is 31.0 Å². The molecule has 0 bridgehead atoms. The van der Waals surface area contributed by atoms with E-state index in [4.69, 9.17) is 9.47 Å². The number of amides is 1. The van der Waals surface area contributed by atoms with Crippen LogP contribution >= 0.6 is 0 Å². The molecule has 1 amide bonds. The monoisotopic (exact) mass is 412 g/mol. The Labute approximate surface area is 175 Å². The summed E-state index contributed by atoms with van der Waals surface area (Å²) in [5, 5.41) is 0.809. The van der Waals surface area contributed by atoms with Gasteiger partial charge in [-0.25, -0.2) is 0 Å². The molecule has 1 aromatic heterocycles. The van der Waals surface area contributed by atoms with Gasteiger partial charge in [-0.3, -0.25) is 14.4 Å². The molecule has 160 valence electrons. The molecule has 4 rings (SSSR count). The fourth-order valence-corrected chi connectivity index (χ4v) is 4.55. The van der Waals surface area contributed by atoms with E-state index in [9.17, 15) is 14.4 Å². The fourth-order valence-electron chi connectivity index (χ4n) is 4.55. The molecule has 1 N–H and O–H groups in total. The first-order chi connectivity index (χ1) is 14.5. The van der Waals surface area contributed by atoms with Gasteiger partial charge in [0.15, 0.2) is 6.10 Å². The number of H-pyrrole nitrogens is 1. The third-order valence-corrected chi connectivity index (χ3v) is 6.35. The molecule has 1 aliphatic heterocycles. The number of morpholine rings is 1. The number of carbonyl (C=O) groups excluding carboxylic acids is 3. The lowest BCUT2D eigenvalue weighted by Gasteiger charge is -2.32. The van der Waals surface area contributed by atoms with Crippen LogP contribution in [0.4, 0.5) is 0 Å². The Bertz CT molecular complexity index is 938. The van der Waals surface area contributed by atoms with Gasteiger partial charge < -0.3 is 19.4 Å². The lowest BCUT2D eigenvalue weighted by atomic mass is 9.82. The van der Waals surface area contributed by atoms with Gasteiger partial charge >= 0.3 is 5.97 Å². The third kappa shape index (κ3) is 3.99. The van der Waals surface area contributed by atoms with E-state index in [1.54, 1.807) is 18.0 Å². The quantitative estimate of drug-likeness (QED) is 0.582. The van der Waals surface area contributed by atoms with E-state index >= 15 is 0 Å². The summed E-state index contributed by atoms with van der Waals surface area (Å²) in [6.45, 7) is 3.77. The Morgan fingerprint density at radius 2 is 1.87 bits per heavy atom. The molecule has 1 aliphatic carbocycles. The van der Waals surface area contributed by atoms with Gasteiger partial charge in [-0.05, 0) is 25.8 Å². The number of ketones is 1. The molecule has 30 heavy (non-hydrogen) atoms. The van der Waals surface area contributed by atoms with Crippen LogP contribution in [0.2, 0.25) is 0 Å². The van der Waals surface area contributed by atoms with E-state index in [-0.39, 0.29) is 18.1 Å². The standard InChI is InChI=1S/C23H28N2O5/c1-16(21(27)18-15-24-19-7-3-2-6-17(18)19)30-22(28)23(8-4-5-9-23)14-20(26)25-10-12-29-13-11-25/h2-3,6-7,15-16,24H,4-5,8-14H2,1H3. The normalized spacial score (nSPS) is 19.6. The number of nitrogens with zero attached hydrogens (tertiary/aromatic N) is 1. The van der Waals surface area contributed by atoms with Crippen molar-refractivity contribution in [2.24, 2.45) is 5.41 Å². The van der Waals surface area contributed by atoms with Crippen molar-refractivity contribution in [2.75, 3.05) is 26.3 Å². The van der Waals surface area contributed by atoms with Crippen LogP contribution < -0.4 is 0 Å². The number of Topliss-reactive ketones (excluding diaryl/α,β-unsaturated/α-hetero) is 1. The first-order valence-corrected chi connectivity index (χ1v) is 10.7. The minimum Gasteiger partial charge on any atom is -0.454 e. The van der Waals surface area contributed by atoms with Gasteiger partial charge in [-0.2, -0.15) is 0 Å². The molecule has 0 spiro atoms. The highest BCUT2D eigenvalue weighted by Crippen LogP contribution is 2.43. The Hall–Kier alpha value is -2.67. The number of rotatable bonds is 6. The number of carbonyl (C=O) groups is 3. The highest BCUT2D eigenvalue weighted by Gasteiger charge is 2.46. The van der Waals surface area contributed by atoms with Crippen LogP contribution in [0.1, 0.15) is 49.4 Å². The molecule has 1 unspecified atom stereocenters. The molecule has 2 aromatic rings. The molecular formula is C23H28N2O5. The predicted molar refractivity (Wildman–Crippen MR) is 111 cm³/mol. The van der Waals surface area contributed by atoms with E-state index in [2.05, 4.69) is 4.98 Å². The van der Waals surface area contributed by atoms with Crippen LogP contribution in [0.5, 0.6) is 0 Å². The second-order valence-corrected chi connectivity index (χ2v) is 8.32. The number of aromatic amines is 1. The number of benzene rings is 1. The molecule has 7 heteroatoms. The number of para-hydroxylation sites is 1. The number of nitrogens with one attached hydrogen (secondary N) is 1. The van der Waals surface area contributed by atoms with Gasteiger partial charge in [0.2, 0.25) is 11.7 Å². The van der Waals surface area contributed by atoms with Crippen molar-refractivity contribution in [3.05, 3.63) is 36.0 Å². The average Bonchev–Trinajstić information content (AvgIpc) is 3.41. The van der Waals surface area contributed by atoms with Crippen molar-refractivity contribution >= 4 is 28.6 Å². The van der Waals surface area contributed by atoms with E-state index in [1.807, 2.05) is 24.3 Å². The minimum absolute atomic E-state index is 0.0345. The Morgan fingerprint density at radius 3 is 2.60 bits per heavy atom. The van der Waals surface area contributed by atoms with Crippen molar-refractivity contribution in [1.82, 2.24) is 9.88 Å². The number of hydrogen-bond acceptors (Lipinski definition) is 5. The van der Waals surface area contributed by atoms with E-state index in [0.29, 0.717) is 44.7 Å². The maximum atomic E-state index is 13.2. The average molecular weight is 412 g/mol. The van der Waals surface area contributed by atoms with Crippen molar-refractivity contribution in [1.29, 1.82) is 0 Å². The van der Waals surface area contributed by atoms with Gasteiger partial charge in [-0.15, -0.1) is 0 Å². The molecule has 2 aliphatic rings. The zero-order chi connectivity index (χ0) is 21.1. The highest BCUT2D eigenvalue weighted by atomic mass is 16.5. The van der Waals surface area contributed by atoms with Gasteiger partial charge in [0, 0.05) is 42.2 Å². The van der Waals surface area contributed by atoms with E-state index < -0.39 is 17.5 Å². The van der Waals surface area contributed by atoms with E-state index in [0.717, 1.165) is 23.7 Å². The number of fused-ring (bicyclic) bond motifs is 1. The predicted octanol–water partition coefficient (Wildman–Crippen LogP) is 3.09. The summed E-state index contributed by atoms with van der Waals surface area (Å²) >= 11 is 0. The zero-order valence-corrected chi connectivity index (χ0v) is 17.3. The molecule has 1 saturated carbocycles. The fraction of sp³-hybridized carbons (Fsp3) is 0.522. The smallest absolute Gasteiger partial charge is 0.313 e. The summed E-state index contributed by atoms with van der Waals surface area (Å²) in [4.78, 5) is 43.8. The zero-order valence-electron chi connectivity index (χ0n) is 17.3. The number of hydrogen-bond donors (Lipinski definition) is 1. The summed E-state index contributed by atoms with van der Waals surface area (Å²) < 4.78 is 11.0. The lowest BCUT2D eigenvalue weighted by Crippen LogP contribution is -2.45. The number of ether oxygens (including phenoxy) is 2. The van der Waals surface area contributed by atoms with Crippen molar-refractivity contribution in [3.63, 3.8) is 0 Å². The molecule has 1 saturated heterocycles. The molecule has 1 atom stereocenters. The number of esters is 1. The first kappa shape index (κ1) is 20.6. The van der Waals surface area contributed by atoms with Gasteiger partial charge in [0.1, 0.15) is 0 Å². The van der Waals surface area contributed by atoms with Crippen molar-refractivity contribution in [3.8, 4) is 0 Å². The molecule has 7 nitrogen and oxygen atoms in total. The van der Waals surface area contributed by atoms with Crippen molar-refractivity contribution in [2.45, 2.75) is 45.1 Å². The van der Waals surface area contributed by atoms with Crippen LogP contribution in [0.3, 0.4) is 0 Å². The maximum Gasteiger partial charge on any atom is 0.313 e. The maximum absolute atomic E-state index is 13.2. The van der Waals surface area contributed by atoms with Crippen LogP contribution in [0, 0.1) is 5.41 Å². The Balaban J connectivity index is 1.46. The summed E-state index contributed by atoms with van der Waals surface area (Å²) in [5.74, 6) is -0.705. The Kier molecular flexibility index (Phi) is 5.90. The molecule has 2 fully saturated rings. The topological polar surface area (TPSA) is 88.7 Å². The minimum atomic E-state index is -0.910. The van der Waals surface area contributed by atoms with Gasteiger partial charge in [0.25, 0.3) is 0 Å².